The van der Waals surface area contributed by atoms with Crippen molar-refractivity contribution in [2.45, 2.75) is 40.2 Å². The third-order valence-corrected chi connectivity index (χ3v) is 3.83. The Morgan fingerprint density at radius 2 is 1.64 bits per heavy atom. The van der Waals surface area contributed by atoms with Gasteiger partial charge in [-0.15, -0.1) is 0 Å². The molecule has 0 atom stereocenters. The molecule has 1 heterocycles. The van der Waals surface area contributed by atoms with E-state index in [2.05, 4.69) is 19.2 Å². The molecule has 4 heteroatoms. The standard InChI is InChI=1S/C18H22N2O2/c1-4-14-9-7-10-15(5-2)18(14)19-16(21)12-20-13(3)8-6-11-17(20)22/h6-11H,4-5,12H2,1-3H3,(H,19,21). The molecule has 0 radical (unpaired) electrons. The van der Waals surface area contributed by atoms with Crippen LogP contribution in [-0.2, 0) is 24.2 Å². The van der Waals surface area contributed by atoms with Crippen LogP contribution in [0.15, 0.2) is 41.2 Å². The van der Waals surface area contributed by atoms with E-state index in [1.54, 1.807) is 6.07 Å². The summed E-state index contributed by atoms with van der Waals surface area (Å²) in [6.07, 6.45) is 1.71. The van der Waals surface area contributed by atoms with Crippen molar-refractivity contribution in [1.82, 2.24) is 4.57 Å². The van der Waals surface area contributed by atoms with E-state index in [1.807, 2.05) is 31.2 Å². The Labute approximate surface area is 130 Å². The first kappa shape index (κ1) is 16.0. The van der Waals surface area contributed by atoms with Crippen molar-refractivity contribution in [3.63, 3.8) is 0 Å². The van der Waals surface area contributed by atoms with E-state index in [1.165, 1.54) is 10.6 Å². The minimum Gasteiger partial charge on any atom is -0.324 e. The van der Waals surface area contributed by atoms with Crippen LogP contribution in [0.1, 0.15) is 30.7 Å². The summed E-state index contributed by atoms with van der Waals surface area (Å²) < 4.78 is 1.48. The summed E-state index contributed by atoms with van der Waals surface area (Å²) in [5.41, 5.74) is 3.74. The number of carbonyl (C=O) groups is 1. The lowest BCUT2D eigenvalue weighted by Gasteiger charge is -2.15. The minimum atomic E-state index is -0.174. The van der Waals surface area contributed by atoms with Crippen molar-refractivity contribution in [3.8, 4) is 0 Å². The first-order valence-electron chi connectivity index (χ1n) is 7.63. The summed E-state index contributed by atoms with van der Waals surface area (Å²) in [4.78, 5) is 24.2. The van der Waals surface area contributed by atoms with Gasteiger partial charge in [0.2, 0.25) is 5.91 Å². The van der Waals surface area contributed by atoms with Crippen molar-refractivity contribution in [1.29, 1.82) is 0 Å². The molecule has 0 saturated heterocycles. The fourth-order valence-corrected chi connectivity index (χ4v) is 2.55. The number of nitrogens with one attached hydrogen (secondary N) is 1. The summed E-state index contributed by atoms with van der Waals surface area (Å²) in [6.45, 7) is 5.99. The van der Waals surface area contributed by atoms with Crippen LogP contribution in [0.25, 0.3) is 0 Å². The summed E-state index contributed by atoms with van der Waals surface area (Å²) in [7, 11) is 0. The summed E-state index contributed by atoms with van der Waals surface area (Å²) in [6, 6.07) is 11.1. The lowest BCUT2D eigenvalue weighted by atomic mass is 10.0. The molecule has 0 aliphatic carbocycles. The molecule has 22 heavy (non-hydrogen) atoms. The molecule has 2 aromatic rings. The summed E-state index contributed by atoms with van der Waals surface area (Å²) in [5.74, 6) is -0.174. The Morgan fingerprint density at radius 3 is 2.18 bits per heavy atom. The monoisotopic (exact) mass is 298 g/mol. The number of aryl methyl sites for hydroxylation is 3. The molecule has 0 aliphatic rings. The molecule has 1 aromatic carbocycles. The number of aromatic nitrogens is 1. The van der Waals surface area contributed by atoms with Gasteiger partial charge in [0.1, 0.15) is 6.54 Å². The molecule has 0 fully saturated rings. The second kappa shape index (κ2) is 7.07. The van der Waals surface area contributed by atoms with Crippen molar-refractivity contribution in [3.05, 3.63) is 63.6 Å². The molecule has 0 bridgehead atoms. The van der Waals surface area contributed by atoms with Crippen LogP contribution in [-0.4, -0.2) is 10.5 Å². The molecule has 116 valence electrons. The van der Waals surface area contributed by atoms with Crippen LogP contribution in [0.2, 0.25) is 0 Å². The van der Waals surface area contributed by atoms with Gasteiger partial charge in [0, 0.05) is 17.4 Å². The maximum atomic E-state index is 12.4. The van der Waals surface area contributed by atoms with E-state index in [9.17, 15) is 9.59 Å². The van der Waals surface area contributed by atoms with Gasteiger partial charge in [-0.05, 0) is 37.0 Å². The maximum Gasteiger partial charge on any atom is 0.251 e. The number of nitrogens with zero attached hydrogens (tertiary/aromatic N) is 1. The van der Waals surface area contributed by atoms with Crippen LogP contribution >= 0.6 is 0 Å². The quantitative estimate of drug-likeness (QED) is 0.922. The molecule has 4 nitrogen and oxygen atoms in total. The molecule has 0 saturated carbocycles. The molecule has 1 amide bonds. The number of amides is 1. The first-order chi connectivity index (χ1) is 10.6. The Kier molecular flexibility index (Phi) is 5.15. The minimum absolute atomic E-state index is 0.0344. The zero-order valence-electron chi connectivity index (χ0n) is 13.3. The van der Waals surface area contributed by atoms with Gasteiger partial charge in [-0.25, -0.2) is 0 Å². The number of hydrogen-bond acceptors (Lipinski definition) is 2. The third kappa shape index (κ3) is 3.45. The van der Waals surface area contributed by atoms with E-state index in [4.69, 9.17) is 0 Å². The number of rotatable bonds is 5. The molecule has 0 aliphatic heterocycles. The highest BCUT2D eigenvalue weighted by Crippen LogP contribution is 2.22. The van der Waals surface area contributed by atoms with Gasteiger partial charge in [0.25, 0.3) is 5.56 Å². The maximum absolute atomic E-state index is 12.4. The predicted octanol–water partition coefficient (Wildman–Crippen LogP) is 2.92. The van der Waals surface area contributed by atoms with E-state index in [0.717, 1.165) is 35.3 Å². The van der Waals surface area contributed by atoms with Gasteiger partial charge < -0.3 is 9.88 Å². The van der Waals surface area contributed by atoms with Gasteiger partial charge in [-0.3, -0.25) is 9.59 Å². The zero-order valence-corrected chi connectivity index (χ0v) is 13.3. The van der Waals surface area contributed by atoms with Crippen molar-refractivity contribution in [2.75, 3.05) is 5.32 Å². The molecule has 0 unspecified atom stereocenters. The van der Waals surface area contributed by atoms with E-state index in [-0.39, 0.29) is 18.0 Å². The van der Waals surface area contributed by atoms with Gasteiger partial charge in [-0.2, -0.15) is 0 Å². The Balaban J connectivity index is 2.25. The highest BCUT2D eigenvalue weighted by molar-refractivity contribution is 5.92. The fourth-order valence-electron chi connectivity index (χ4n) is 2.55. The predicted molar refractivity (Wildman–Crippen MR) is 89.3 cm³/mol. The zero-order chi connectivity index (χ0) is 16.1. The molecular weight excluding hydrogens is 276 g/mol. The highest BCUT2D eigenvalue weighted by atomic mass is 16.2. The van der Waals surface area contributed by atoms with Crippen LogP contribution in [0.4, 0.5) is 5.69 Å². The number of carbonyl (C=O) groups excluding carboxylic acids is 1. The van der Waals surface area contributed by atoms with E-state index < -0.39 is 0 Å². The second-order valence-corrected chi connectivity index (χ2v) is 5.30. The van der Waals surface area contributed by atoms with Crippen LogP contribution in [0.5, 0.6) is 0 Å². The van der Waals surface area contributed by atoms with Crippen molar-refractivity contribution in [2.24, 2.45) is 0 Å². The Hall–Kier alpha value is -2.36. The van der Waals surface area contributed by atoms with E-state index >= 15 is 0 Å². The van der Waals surface area contributed by atoms with Crippen LogP contribution < -0.4 is 10.9 Å². The molecule has 0 spiro atoms. The number of anilines is 1. The van der Waals surface area contributed by atoms with Gasteiger partial charge >= 0.3 is 0 Å². The number of pyridine rings is 1. The number of para-hydroxylation sites is 1. The average Bonchev–Trinajstić information content (AvgIpc) is 2.51. The Bertz CT molecular complexity index is 710. The largest absolute Gasteiger partial charge is 0.324 e. The normalized spacial score (nSPS) is 10.5. The third-order valence-electron chi connectivity index (χ3n) is 3.83. The lowest BCUT2D eigenvalue weighted by molar-refractivity contribution is -0.116. The molecule has 1 aromatic heterocycles. The van der Waals surface area contributed by atoms with Crippen LogP contribution in [0.3, 0.4) is 0 Å². The second-order valence-electron chi connectivity index (χ2n) is 5.30. The average molecular weight is 298 g/mol. The summed E-state index contributed by atoms with van der Waals surface area (Å²) >= 11 is 0. The van der Waals surface area contributed by atoms with Gasteiger partial charge in [-0.1, -0.05) is 38.1 Å². The van der Waals surface area contributed by atoms with Crippen molar-refractivity contribution < 1.29 is 4.79 Å². The number of hydrogen-bond donors (Lipinski definition) is 1. The molecule has 2 rings (SSSR count). The van der Waals surface area contributed by atoms with Crippen LogP contribution in [0, 0.1) is 6.92 Å². The summed E-state index contributed by atoms with van der Waals surface area (Å²) in [5, 5.41) is 2.99. The van der Waals surface area contributed by atoms with Gasteiger partial charge in [0.15, 0.2) is 0 Å². The fraction of sp³-hybridized carbons (Fsp3) is 0.333. The molecular formula is C18H22N2O2. The van der Waals surface area contributed by atoms with Crippen molar-refractivity contribution >= 4 is 11.6 Å². The number of benzene rings is 1. The topological polar surface area (TPSA) is 51.1 Å². The molecule has 1 N–H and O–H groups in total. The smallest absolute Gasteiger partial charge is 0.251 e. The SMILES string of the molecule is CCc1cccc(CC)c1NC(=O)Cn1c(C)cccc1=O. The van der Waals surface area contributed by atoms with Gasteiger partial charge in [0.05, 0.1) is 0 Å². The lowest BCUT2D eigenvalue weighted by Crippen LogP contribution is -2.29. The Morgan fingerprint density at radius 1 is 1.05 bits per heavy atom. The highest BCUT2D eigenvalue weighted by Gasteiger charge is 2.11. The van der Waals surface area contributed by atoms with E-state index in [0.29, 0.717) is 0 Å². The first-order valence-corrected chi connectivity index (χ1v) is 7.63.